The van der Waals surface area contributed by atoms with Crippen LogP contribution in [-0.4, -0.2) is 47.6 Å². The minimum absolute atomic E-state index is 0.00502. The fourth-order valence-corrected chi connectivity index (χ4v) is 5.41. The Morgan fingerprint density at radius 1 is 1.13 bits per heavy atom. The van der Waals surface area contributed by atoms with Gasteiger partial charge in [0.05, 0.1) is 13.0 Å². The number of carbonyl (C=O) groups excluding carboxylic acids is 1. The normalized spacial score (nSPS) is 13.3. The van der Waals surface area contributed by atoms with Gasteiger partial charge in [0, 0.05) is 35.3 Å². The fraction of sp³-hybridized carbons (Fsp3) is 0.357. The van der Waals surface area contributed by atoms with Gasteiger partial charge in [0.15, 0.2) is 0 Å². The maximum atomic E-state index is 13.7. The first kappa shape index (κ1) is 27.7. The highest BCUT2D eigenvalue weighted by Crippen LogP contribution is 2.43. The molecule has 3 aromatic rings. The number of benzene rings is 2. The average molecular weight is 547 g/mol. The number of anilines is 1. The smallest absolute Gasteiger partial charge is 0.426 e. The highest BCUT2D eigenvalue weighted by Gasteiger charge is 2.36. The second kappa shape index (κ2) is 11.6. The predicted molar refractivity (Wildman–Crippen MR) is 141 cm³/mol. The number of aliphatic carboxylic acids is 1. The third-order valence-electron chi connectivity index (χ3n) is 6.44. The quantitative estimate of drug-likeness (QED) is 0.334. The Balaban J connectivity index is 1.44. The SMILES string of the molecule is CC(C)N(CCC(=O)O)CC(=O)N1CCc2cc(OCc3cc(-c4ccccc4)c(C(F)(F)F)s3)ccc21. The molecule has 4 rings (SSSR count). The minimum Gasteiger partial charge on any atom is -0.488 e. The molecule has 0 radical (unpaired) electrons. The monoisotopic (exact) mass is 546 g/mol. The molecule has 2 heterocycles. The number of hydrogen-bond acceptors (Lipinski definition) is 5. The van der Waals surface area contributed by atoms with Gasteiger partial charge in [-0.05, 0) is 55.7 Å². The van der Waals surface area contributed by atoms with Crippen molar-refractivity contribution in [2.75, 3.05) is 24.5 Å². The van der Waals surface area contributed by atoms with Gasteiger partial charge >= 0.3 is 12.1 Å². The molecule has 0 bridgehead atoms. The van der Waals surface area contributed by atoms with Gasteiger partial charge in [-0.1, -0.05) is 30.3 Å². The van der Waals surface area contributed by atoms with Crippen molar-refractivity contribution in [2.45, 2.75) is 45.5 Å². The van der Waals surface area contributed by atoms with Gasteiger partial charge < -0.3 is 14.7 Å². The van der Waals surface area contributed by atoms with E-state index in [-0.39, 0.29) is 43.6 Å². The fourth-order valence-electron chi connectivity index (χ4n) is 4.46. The predicted octanol–water partition coefficient (Wildman–Crippen LogP) is 6.09. The largest absolute Gasteiger partial charge is 0.488 e. The van der Waals surface area contributed by atoms with Gasteiger partial charge in [-0.25, -0.2) is 0 Å². The van der Waals surface area contributed by atoms with Gasteiger partial charge in [-0.3, -0.25) is 14.5 Å². The Morgan fingerprint density at radius 3 is 2.53 bits per heavy atom. The van der Waals surface area contributed by atoms with Crippen molar-refractivity contribution in [1.29, 1.82) is 0 Å². The van der Waals surface area contributed by atoms with Crippen LogP contribution in [-0.2, 0) is 28.8 Å². The first-order valence-electron chi connectivity index (χ1n) is 12.3. The third kappa shape index (κ3) is 6.54. The first-order chi connectivity index (χ1) is 18.0. The summed E-state index contributed by atoms with van der Waals surface area (Å²) >= 11 is 0.680. The minimum atomic E-state index is -4.46. The summed E-state index contributed by atoms with van der Waals surface area (Å²) in [6.45, 7) is 4.75. The summed E-state index contributed by atoms with van der Waals surface area (Å²) in [5.74, 6) is -0.495. The molecule has 1 amide bonds. The van der Waals surface area contributed by atoms with E-state index in [1.54, 1.807) is 47.4 Å². The zero-order chi connectivity index (χ0) is 27.4. The molecule has 202 valence electrons. The molecule has 1 aromatic heterocycles. The second-order valence-electron chi connectivity index (χ2n) is 9.40. The zero-order valence-corrected chi connectivity index (χ0v) is 21.9. The molecule has 0 saturated heterocycles. The molecule has 0 atom stereocenters. The number of amides is 1. The molecule has 38 heavy (non-hydrogen) atoms. The molecule has 1 aliphatic rings. The van der Waals surface area contributed by atoms with Gasteiger partial charge in [0.2, 0.25) is 5.91 Å². The van der Waals surface area contributed by atoms with E-state index in [2.05, 4.69) is 0 Å². The summed E-state index contributed by atoms with van der Waals surface area (Å²) in [6, 6.07) is 15.4. The average Bonchev–Trinajstić information content (AvgIpc) is 3.50. The second-order valence-corrected chi connectivity index (χ2v) is 10.5. The molecule has 1 aliphatic heterocycles. The summed E-state index contributed by atoms with van der Waals surface area (Å²) < 4.78 is 46.9. The summed E-state index contributed by atoms with van der Waals surface area (Å²) in [5, 5.41) is 8.98. The van der Waals surface area contributed by atoms with Crippen molar-refractivity contribution in [1.82, 2.24) is 4.90 Å². The number of hydrogen-bond donors (Lipinski definition) is 1. The molecule has 0 unspecified atom stereocenters. The number of carbonyl (C=O) groups is 2. The van der Waals surface area contributed by atoms with Crippen LogP contribution in [0.1, 0.15) is 35.6 Å². The Morgan fingerprint density at radius 2 is 1.87 bits per heavy atom. The molecular weight excluding hydrogens is 517 g/mol. The number of alkyl halides is 3. The van der Waals surface area contributed by atoms with Crippen LogP contribution in [0, 0.1) is 0 Å². The first-order valence-corrected chi connectivity index (χ1v) is 13.1. The zero-order valence-electron chi connectivity index (χ0n) is 21.1. The van der Waals surface area contributed by atoms with Crippen molar-refractivity contribution in [2.24, 2.45) is 0 Å². The van der Waals surface area contributed by atoms with E-state index in [0.717, 1.165) is 11.3 Å². The van der Waals surface area contributed by atoms with Gasteiger partial charge in [0.1, 0.15) is 17.2 Å². The van der Waals surface area contributed by atoms with Crippen LogP contribution >= 0.6 is 11.3 Å². The number of halogens is 3. The number of carboxylic acid groups (broad SMARTS) is 1. The lowest BCUT2D eigenvalue weighted by Crippen LogP contribution is -2.43. The van der Waals surface area contributed by atoms with Crippen molar-refractivity contribution in [3.05, 3.63) is 69.9 Å². The molecule has 2 aromatic carbocycles. The lowest BCUT2D eigenvalue weighted by Gasteiger charge is -2.28. The summed E-state index contributed by atoms with van der Waals surface area (Å²) in [6.07, 6.45) is -3.87. The summed E-state index contributed by atoms with van der Waals surface area (Å²) in [5.41, 5.74) is 2.34. The summed E-state index contributed by atoms with van der Waals surface area (Å²) in [4.78, 5) is 27.3. The van der Waals surface area contributed by atoms with E-state index in [1.165, 1.54) is 6.07 Å². The molecular formula is C28H29F3N2O4S. The number of carboxylic acids is 1. The van der Waals surface area contributed by atoms with Crippen molar-refractivity contribution in [3.8, 4) is 16.9 Å². The Bertz CT molecular complexity index is 1290. The van der Waals surface area contributed by atoms with Crippen LogP contribution in [0.15, 0.2) is 54.6 Å². The number of fused-ring (bicyclic) bond motifs is 1. The van der Waals surface area contributed by atoms with Crippen LogP contribution in [0.5, 0.6) is 5.75 Å². The lowest BCUT2D eigenvalue weighted by atomic mass is 10.1. The Kier molecular flexibility index (Phi) is 8.42. The van der Waals surface area contributed by atoms with E-state index >= 15 is 0 Å². The summed E-state index contributed by atoms with van der Waals surface area (Å²) in [7, 11) is 0. The number of nitrogens with zero attached hydrogens (tertiary/aromatic N) is 2. The number of ether oxygens (including phenoxy) is 1. The van der Waals surface area contributed by atoms with E-state index < -0.39 is 17.0 Å². The molecule has 0 aliphatic carbocycles. The van der Waals surface area contributed by atoms with Gasteiger partial charge in [-0.2, -0.15) is 13.2 Å². The highest BCUT2D eigenvalue weighted by atomic mass is 32.1. The standard InChI is InChI=1S/C28H29F3N2O4S/c1-18(2)32(12-11-26(35)36)16-25(34)33-13-10-20-14-21(8-9-24(20)33)37-17-22-15-23(19-6-4-3-5-7-19)27(38-22)28(29,30)31/h3-9,14-15,18H,10-13,16-17H2,1-2H3,(H,35,36). The lowest BCUT2D eigenvalue weighted by molar-refractivity contribution is -0.138. The van der Waals surface area contributed by atoms with E-state index in [4.69, 9.17) is 9.84 Å². The van der Waals surface area contributed by atoms with E-state index in [1.807, 2.05) is 24.8 Å². The van der Waals surface area contributed by atoms with E-state index in [9.17, 15) is 22.8 Å². The Labute approximate surface area is 223 Å². The molecule has 0 fully saturated rings. The topological polar surface area (TPSA) is 70.1 Å². The highest BCUT2D eigenvalue weighted by molar-refractivity contribution is 7.12. The molecule has 0 saturated carbocycles. The van der Waals surface area contributed by atoms with Gasteiger partial charge in [0.25, 0.3) is 0 Å². The van der Waals surface area contributed by atoms with Crippen molar-refractivity contribution < 1.29 is 32.6 Å². The van der Waals surface area contributed by atoms with Crippen LogP contribution < -0.4 is 9.64 Å². The van der Waals surface area contributed by atoms with Crippen LogP contribution in [0.2, 0.25) is 0 Å². The van der Waals surface area contributed by atoms with E-state index in [0.29, 0.717) is 40.5 Å². The number of rotatable bonds is 10. The van der Waals surface area contributed by atoms with Crippen molar-refractivity contribution in [3.63, 3.8) is 0 Å². The van der Waals surface area contributed by atoms with Crippen LogP contribution in [0.4, 0.5) is 18.9 Å². The van der Waals surface area contributed by atoms with Crippen LogP contribution in [0.25, 0.3) is 11.1 Å². The molecule has 1 N–H and O–H groups in total. The molecule has 10 heteroatoms. The third-order valence-corrected chi connectivity index (χ3v) is 7.59. The van der Waals surface area contributed by atoms with Crippen LogP contribution in [0.3, 0.4) is 0 Å². The van der Waals surface area contributed by atoms with Gasteiger partial charge in [-0.15, -0.1) is 11.3 Å². The van der Waals surface area contributed by atoms with Crippen molar-refractivity contribution >= 4 is 28.9 Å². The molecule has 0 spiro atoms. The maximum Gasteiger partial charge on any atom is 0.426 e. The number of thiophene rings is 1. The maximum absolute atomic E-state index is 13.7. The molecule has 6 nitrogen and oxygen atoms in total. The Hall–Kier alpha value is -3.37.